The maximum atomic E-state index is 12.5. The number of nitrogens with one attached hydrogen (secondary N) is 2. The average Bonchev–Trinajstić information content (AvgIpc) is 2.73. The van der Waals surface area contributed by atoms with Crippen LogP contribution in [0.5, 0.6) is 5.75 Å². The second kappa shape index (κ2) is 8.48. The first-order chi connectivity index (χ1) is 13.1. The van der Waals surface area contributed by atoms with Crippen molar-refractivity contribution in [1.82, 2.24) is 10.3 Å². The van der Waals surface area contributed by atoms with Crippen LogP contribution in [0.2, 0.25) is 0 Å². The predicted octanol–water partition coefficient (Wildman–Crippen LogP) is 3.26. The molecule has 3 rings (SSSR count). The Kier molecular flexibility index (Phi) is 5.85. The molecule has 0 saturated heterocycles. The molecule has 0 aliphatic rings. The van der Waals surface area contributed by atoms with Crippen LogP contribution in [0.15, 0.2) is 94.8 Å². The van der Waals surface area contributed by atoms with Crippen molar-refractivity contribution in [3.05, 3.63) is 90.5 Å². The molecule has 0 unspecified atom stereocenters. The quantitative estimate of drug-likeness (QED) is 0.390. The van der Waals surface area contributed by atoms with E-state index in [9.17, 15) is 8.42 Å². The smallest absolute Gasteiger partial charge is 0.257 e. The number of hydrazine groups is 1. The van der Waals surface area contributed by atoms with Crippen molar-refractivity contribution in [3.8, 4) is 5.75 Å². The van der Waals surface area contributed by atoms with Crippen LogP contribution in [0.1, 0.15) is 5.56 Å². The number of ether oxygens (including phenoxy) is 1. The minimum absolute atomic E-state index is 0.161. The average molecular weight is 381 g/mol. The fourth-order valence-electron chi connectivity index (χ4n) is 2.32. The fraction of sp³-hybridized carbons (Fsp3) is 0.0500. The van der Waals surface area contributed by atoms with Gasteiger partial charge in [0, 0.05) is 5.56 Å². The van der Waals surface area contributed by atoms with Crippen molar-refractivity contribution in [1.29, 1.82) is 0 Å². The van der Waals surface area contributed by atoms with Crippen LogP contribution >= 0.6 is 0 Å². The Bertz CT molecular complexity index is 1000. The lowest BCUT2D eigenvalue weighted by atomic mass is 10.2. The number of aliphatic imine (C=N–C) groups is 1. The number of hydrogen-bond donors (Lipinski definition) is 2. The van der Waals surface area contributed by atoms with E-state index in [1.165, 1.54) is 12.1 Å². The lowest BCUT2D eigenvalue weighted by Crippen LogP contribution is -2.41. The van der Waals surface area contributed by atoms with Gasteiger partial charge in [0.2, 0.25) is 0 Å². The van der Waals surface area contributed by atoms with Gasteiger partial charge >= 0.3 is 0 Å². The summed E-state index contributed by atoms with van der Waals surface area (Å²) in [6.45, 7) is 0. The van der Waals surface area contributed by atoms with E-state index >= 15 is 0 Å². The fourth-order valence-corrected chi connectivity index (χ4v) is 3.18. The van der Waals surface area contributed by atoms with Crippen LogP contribution in [0, 0.1) is 0 Å². The molecule has 7 heteroatoms. The number of methoxy groups -OCH3 is 1. The summed E-state index contributed by atoms with van der Waals surface area (Å²) in [5, 5.41) is 0. The standard InChI is InChI=1S/C20H19N3O3S/c1-26-18-14-12-17(13-15-18)21-20(16-8-4-2-5-9-16)22-23-27(24,25)19-10-6-3-7-11-19/h2-15,23H,1H3,(H,21,22). The van der Waals surface area contributed by atoms with E-state index in [0.29, 0.717) is 17.3 Å². The maximum Gasteiger partial charge on any atom is 0.257 e. The molecule has 0 aliphatic carbocycles. The zero-order chi connectivity index (χ0) is 19.1. The van der Waals surface area contributed by atoms with E-state index in [1.807, 2.05) is 30.3 Å². The highest BCUT2D eigenvalue weighted by Crippen LogP contribution is 2.18. The van der Waals surface area contributed by atoms with Crippen LogP contribution in [0.4, 0.5) is 5.69 Å². The second-order valence-electron chi connectivity index (χ2n) is 5.57. The summed E-state index contributed by atoms with van der Waals surface area (Å²) in [5.74, 6) is 1.09. The first kappa shape index (κ1) is 18.6. The van der Waals surface area contributed by atoms with E-state index in [1.54, 1.807) is 49.6 Å². The van der Waals surface area contributed by atoms with E-state index in [2.05, 4.69) is 15.2 Å². The van der Waals surface area contributed by atoms with E-state index in [0.717, 1.165) is 5.56 Å². The molecule has 0 bridgehead atoms. The highest BCUT2D eigenvalue weighted by molar-refractivity contribution is 7.89. The molecule has 0 aliphatic heterocycles. The molecule has 0 radical (unpaired) electrons. The third-order valence-electron chi connectivity index (χ3n) is 3.72. The summed E-state index contributed by atoms with van der Waals surface area (Å²) >= 11 is 0. The molecule has 3 aromatic rings. The summed E-state index contributed by atoms with van der Waals surface area (Å²) in [6.07, 6.45) is 0. The van der Waals surface area contributed by atoms with Gasteiger partial charge in [-0.2, -0.15) is 0 Å². The lowest BCUT2D eigenvalue weighted by Gasteiger charge is -2.12. The Morgan fingerprint density at radius 3 is 2.04 bits per heavy atom. The molecule has 0 fully saturated rings. The van der Waals surface area contributed by atoms with Gasteiger partial charge in [-0.1, -0.05) is 48.5 Å². The molecule has 2 N–H and O–H groups in total. The van der Waals surface area contributed by atoms with Crippen molar-refractivity contribution in [2.45, 2.75) is 4.90 Å². The van der Waals surface area contributed by atoms with Crippen LogP contribution < -0.4 is 15.0 Å². The van der Waals surface area contributed by atoms with E-state index in [-0.39, 0.29) is 4.90 Å². The Labute approximate surface area is 158 Å². The van der Waals surface area contributed by atoms with Gasteiger partial charge < -0.3 is 4.74 Å². The molecule has 0 spiro atoms. The highest BCUT2D eigenvalue weighted by Gasteiger charge is 2.14. The van der Waals surface area contributed by atoms with Gasteiger partial charge in [-0.3, -0.25) is 5.43 Å². The number of nitrogens with zero attached hydrogens (tertiary/aromatic N) is 1. The monoisotopic (exact) mass is 381 g/mol. The maximum absolute atomic E-state index is 12.5. The number of rotatable bonds is 6. The number of sulfonamides is 1. The Morgan fingerprint density at radius 2 is 1.44 bits per heavy atom. The van der Waals surface area contributed by atoms with Crippen LogP contribution in [0.3, 0.4) is 0 Å². The van der Waals surface area contributed by atoms with Gasteiger partial charge in [-0.15, -0.1) is 4.83 Å². The van der Waals surface area contributed by atoms with Crippen LogP contribution in [-0.4, -0.2) is 21.4 Å². The Hall–Kier alpha value is -3.16. The summed E-state index contributed by atoms with van der Waals surface area (Å²) in [6, 6.07) is 24.5. The van der Waals surface area contributed by atoms with Gasteiger partial charge in [0.05, 0.1) is 17.7 Å². The number of hydrogen-bond acceptors (Lipinski definition) is 4. The van der Waals surface area contributed by atoms with Crippen LogP contribution in [0.25, 0.3) is 0 Å². The van der Waals surface area contributed by atoms with Crippen molar-refractivity contribution >= 4 is 21.5 Å². The summed E-state index contributed by atoms with van der Waals surface area (Å²) in [7, 11) is -2.14. The zero-order valence-electron chi connectivity index (χ0n) is 14.7. The Balaban J connectivity index is 1.88. The van der Waals surface area contributed by atoms with Crippen molar-refractivity contribution < 1.29 is 13.2 Å². The molecular formula is C20H19N3O3S. The van der Waals surface area contributed by atoms with E-state index in [4.69, 9.17) is 4.74 Å². The van der Waals surface area contributed by atoms with Gasteiger partial charge in [0.15, 0.2) is 0 Å². The predicted molar refractivity (Wildman–Crippen MR) is 106 cm³/mol. The molecule has 138 valence electrons. The molecule has 0 aromatic heterocycles. The van der Waals surface area contributed by atoms with Gasteiger partial charge in [0.1, 0.15) is 11.6 Å². The van der Waals surface area contributed by atoms with E-state index < -0.39 is 10.0 Å². The third kappa shape index (κ3) is 4.93. The van der Waals surface area contributed by atoms with Crippen molar-refractivity contribution in [2.24, 2.45) is 4.99 Å². The minimum Gasteiger partial charge on any atom is -0.497 e. The number of benzene rings is 3. The SMILES string of the molecule is COc1ccc(N=C(NNS(=O)(=O)c2ccccc2)c2ccccc2)cc1. The van der Waals surface area contributed by atoms with Gasteiger partial charge in [0.25, 0.3) is 10.0 Å². The molecule has 0 heterocycles. The molecule has 27 heavy (non-hydrogen) atoms. The van der Waals surface area contributed by atoms with Crippen molar-refractivity contribution in [2.75, 3.05) is 7.11 Å². The highest BCUT2D eigenvalue weighted by atomic mass is 32.2. The molecule has 0 atom stereocenters. The molecule has 0 amide bonds. The van der Waals surface area contributed by atoms with Crippen LogP contribution in [-0.2, 0) is 10.0 Å². The van der Waals surface area contributed by atoms with Gasteiger partial charge in [-0.25, -0.2) is 13.4 Å². The first-order valence-corrected chi connectivity index (χ1v) is 9.68. The largest absolute Gasteiger partial charge is 0.497 e. The third-order valence-corrected chi connectivity index (χ3v) is 4.98. The van der Waals surface area contributed by atoms with Gasteiger partial charge in [-0.05, 0) is 36.4 Å². The van der Waals surface area contributed by atoms with Crippen molar-refractivity contribution in [3.63, 3.8) is 0 Å². The Morgan fingerprint density at radius 1 is 0.852 bits per heavy atom. The molecule has 0 saturated carbocycles. The first-order valence-electron chi connectivity index (χ1n) is 8.19. The topological polar surface area (TPSA) is 79.8 Å². The zero-order valence-corrected chi connectivity index (χ0v) is 15.5. The molecule has 6 nitrogen and oxygen atoms in total. The minimum atomic E-state index is -3.73. The lowest BCUT2D eigenvalue weighted by molar-refractivity contribution is 0.415. The normalized spacial score (nSPS) is 11.8. The molecular weight excluding hydrogens is 362 g/mol. The number of amidine groups is 1. The second-order valence-corrected chi connectivity index (χ2v) is 7.25. The summed E-state index contributed by atoms with van der Waals surface area (Å²) < 4.78 is 30.1. The molecule has 3 aromatic carbocycles. The summed E-state index contributed by atoms with van der Waals surface area (Å²) in [4.78, 5) is 7.07. The summed E-state index contributed by atoms with van der Waals surface area (Å²) in [5.41, 5.74) is 4.13.